The molecule has 0 aliphatic heterocycles. The van der Waals surface area contributed by atoms with Crippen molar-refractivity contribution in [3.63, 3.8) is 0 Å². The van der Waals surface area contributed by atoms with Gasteiger partial charge in [0.2, 0.25) is 5.91 Å². The van der Waals surface area contributed by atoms with Gasteiger partial charge in [-0.2, -0.15) is 0 Å². The summed E-state index contributed by atoms with van der Waals surface area (Å²) in [6, 6.07) is 0. The molecule has 1 amide bonds. The van der Waals surface area contributed by atoms with Gasteiger partial charge in [0.15, 0.2) is 0 Å². The van der Waals surface area contributed by atoms with Gasteiger partial charge in [0.1, 0.15) is 5.38 Å². The second-order valence-electron chi connectivity index (χ2n) is 4.60. The maximum Gasteiger partial charge on any atom is 0.237 e. The van der Waals surface area contributed by atoms with E-state index in [1.54, 1.807) is 6.92 Å². The Morgan fingerprint density at radius 1 is 1.62 bits per heavy atom. The molecule has 1 unspecified atom stereocenters. The van der Waals surface area contributed by atoms with Crippen LogP contribution < -0.4 is 5.32 Å². The van der Waals surface area contributed by atoms with Crippen molar-refractivity contribution in [2.24, 2.45) is 11.3 Å². The summed E-state index contributed by atoms with van der Waals surface area (Å²) >= 11 is 5.64. The van der Waals surface area contributed by atoms with Crippen molar-refractivity contribution in [3.05, 3.63) is 0 Å². The van der Waals surface area contributed by atoms with Gasteiger partial charge >= 0.3 is 0 Å². The van der Waals surface area contributed by atoms with Gasteiger partial charge in [-0.1, -0.05) is 13.8 Å². The van der Waals surface area contributed by atoms with E-state index in [2.05, 4.69) is 19.2 Å². The number of carbonyl (C=O) groups excluding carboxylic acids is 1. The monoisotopic (exact) mass is 203 g/mol. The first-order chi connectivity index (χ1) is 5.93. The summed E-state index contributed by atoms with van der Waals surface area (Å²) in [6.45, 7) is 6.84. The van der Waals surface area contributed by atoms with Crippen molar-refractivity contribution in [2.45, 2.75) is 39.0 Å². The summed E-state index contributed by atoms with van der Waals surface area (Å²) in [5, 5.41) is 2.45. The van der Waals surface area contributed by atoms with Crippen molar-refractivity contribution in [1.82, 2.24) is 5.32 Å². The van der Waals surface area contributed by atoms with Crippen LogP contribution in [0.3, 0.4) is 0 Å². The summed E-state index contributed by atoms with van der Waals surface area (Å²) < 4.78 is 0. The third-order valence-electron chi connectivity index (χ3n) is 2.76. The SMILES string of the molecule is CC(Cl)C(=O)NCC(C)(C)C1CC1. The van der Waals surface area contributed by atoms with Gasteiger partial charge in [-0.25, -0.2) is 0 Å². The molecule has 0 radical (unpaired) electrons. The second-order valence-corrected chi connectivity index (χ2v) is 5.25. The quantitative estimate of drug-likeness (QED) is 0.698. The van der Waals surface area contributed by atoms with Gasteiger partial charge in [-0.15, -0.1) is 11.6 Å². The van der Waals surface area contributed by atoms with Gasteiger partial charge in [-0.3, -0.25) is 4.79 Å². The molecule has 3 heteroatoms. The summed E-state index contributed by atoms with van der Waals surface area (Å²) in [6.07, 6.45) is 2.61. The van der Waals surface area contributed by atoms with Gasteiger partial charge < -0.3 is 5.32 Å². The minimum atomic E-state index is -0.421. The molecular formula is C10H18ClNO. The van der Waals surface area contributed by atoms with E-state index in [-0.39, 0.29) is 11.3 Å². The zero-order valence-electron chi connectivity index (χ0n) is 8.56. The third kappa shape index (κ3) is 3.18. The van der Waals surface area contributed by atoms with E-state index in [1.807, 2.05) is 0 Å². The fourth-order valence-electron chi connectivity index (χ4n) is 1.46. The molecule has 0 saturated heterocycles. The first-order valence-corrected chi connectivity index (χ1v) is 5.29. The Bertz CT molecular complexity index is 197. The molecule has 0 aromatic heterocycles. The molecule has 0 heterocycles. The minimum absolute atomic E-state index is 0.0598. The van der Waals surface area contributed by atoms with Crippen molar-refractivity contribution >= 4 is 17.5 Å². The number of alkyl halides is 1. The predicted octanol–water partition coefficient (Wildman–Crippen LogP) is 2.17. The average Bonchev–Trinajstić information content (AvgIpc) is 2.81. The van der Waals surface area contributed by atoms with E-state index in [4.69, 9.17) is 11.6 Å². The second kappa shape index (κ2) is 3.87. The van der Waals surface area contributed by atoms with E-state index in [9.17, 15) is 4.79 Å². The first kappa shape index (κ1) is 10.8. The van der Waals surface area contributed by atoms with Crippen LogP contribution in [0, 0.1) is 11.3 Å². The smallest absolute Gasteiger partial charge is 0.237 e. The van der Waals surface area contributed by atoms with E-state index in [1.165, 1.54) is 12.8 Å². The molecule has 1 fully saturated rings. The topological polar surface area (TPSA) is 29.1 Å². The maximum absolute atomic E-state index is 11.2. The number of nitrogens with one attached hydrogen (secondary N) is 1. The highest BCUT2D eigenvalue weighted by molar-refractivity contribution is 6.30. The molecule has 1 atom stereocenters. The first-order valence-electron chi connectivity index (χ1n) is 4.85. The van der Waals surface area contributed by atoms with Crippen molar-refractivity contribution in [1.29, 1.82) is 0 Å². The normalized spacial score (nSPS) is 19.7. The number of halogens is 1. The van der Waals surface area contributed by atoms with Crippen molar-refractivity contribution < 1.29 is 4.79 Å². The van der Waals surface area contributed by atoms with Crippen LogP contribution in [-0.2, 0) is 4.79 Å². The summed E-state index contributed by atoms with van der Waals surface area (Å²) in [4.78, 5) is 11.2. The molecule has 0 bridgehead atoms. The Morgan fingerprint density at radius 2 is 2.15 bits per heavy atom. The summed E-state index contributed by atoms with van der Waals surface area (Å²) in [7, 11) is 0. The zero-order chi connectivity index (χ0) is 10.1. The molecule has 2 nitrogen and oxygen atoms in total. The molecule has 1 aliphatic carbocycles. The Kier molecular flexibility index (Phi) is 3.23. The molecule has 0 aromatic carbocycles. The fraction of sp³-hybridized carbons (Fsp3) is 0.900. The number of hydrogen-bond donors (Lipinski definition) is 1. The number of hydrogen-bond acceptors (Lipinski definition) is 1. The molecule has 0 spiro atoms. The van der Waals surface area contributed by atoms with Crippen LogP contribution in [0.1, 0.15) is 33.6 Å². The summed E-state index contributed by atoms with van der Waals surface area (Å²) in [5.41, 5.74) is 0.238. The van der Waals surface area contributed by atoms with E-state index >= 15 is 0 Å². The lowest BCUT2D eigenvalue weighted by Gasteiger charge is -2.24. The molecule has 1 aliphatic rings. The van der Waals surface area contributed by atoms with E-state index < -0.39 is 5.38 Å². The largest absolute Gasteiger partial charge is 0.354 e. The van der Waals surface area contributed by atoms with Crippen LogP contribution in [0.5, 0.6) is 0 Å². The fourth-order valence-corrected chi connectivity index (χ4v) is 1.54. The lowest BCUT2D eigenvalue weighted by atomic mass is 9.87. The van der Waals surface area contributed by atoms with Gasteiger partial charge in [-0.05, 0) is 31.1 Å². The molecule has 1 saturated carbocycles. The van der Waals surface area contributed by atoms with Gasteiger partial charge in [0, 0.05) is 6.54 Å². The minimum Gasteiger partial charge on any atom is -0.354 e. The Morgan fingerprint density at radius 3 is 2.54 bits per heavy atom. The molecule has 1 rings (SSSR count). The lowest BCUT2D eigenvalue weighted by molar-refractivity contribution is -0.120. The standard InChI is InChI=1S/C10H18ClNO/c1-7(11)9(13)12-6-10(2,3)8-4-5-8/h7-8H,4-6H2,1-3H3,(H,12,13). The summed E-state index contributed by atoms with van der Waals surface area (Å²) in [5.74, 6) is 0.730. The highest BCUT2D eigenvalue weighted by Gasteiger charge is 2.37. The maximum atomic E-state index is 11.2. The molecule has 0 aromatic rings. The van der Waals surface area contributed by atoms with Crippen molar-refractivity contribution in [3.8, 4) is 0 Å². The van der Waals surface area contributed by atoms with Crippen LogP contribution in [0.2, 0.25) is 0 Å². The zero-order valence-corrected chi connectivity index (χ0v) is 9.32. The molecule has 13 heavy (non-hydrogen) atoms. The van der Waals surface area contributed by atoms with Crippen LogP contribution in [0.25, 0.3) is 0 Å². The van der Waals surface area contributed by atoms with Crippen molar-refractivity contribution in [2.75, 3.05) is 6.54 Å². The third-order valence-corrected chi connectivity index (χ3v) is 2.96. The van der Waals surface area contributed by atoms with Gasteiger partial charge in [0.25, 0.3) is 0 Å². The molecular weight excluding hydrogens is 186 g/mol. The van der Waals surface area contributed by atoms with Crippen LogP contribution in [-0.4, -0.2) is 17.8 Å². The van der Waals surface area contributed by atoms with Crippen LogP contribution in [0.4, 0.5) is 0 Å². The van der Waals surface area contributed by atoms with E-state index in [0.717, 1.165) is 12.5 Å². The van der Waals surface area contributed by atoms with E-state index in [0.29, 0.717) is 0 Å². The predicted molar refractivity (Wildman–Crippen MR) is 54.8 cm³/mol. The highest BCUT2D eigenvalue weighted by atomic mass is 35.5. The lowest BCUT2D eigenvalue weighted by Crippen LogP contribution is -2.38. The van der Waals surface area contributed by atoms with Gasteiger partial charge in [0.05, 0.1) is 0 Å². The molecule has 1 N–H and O–H groups in total. The van der Waals surface area contributed by atoms with Crippen LogP contribution >= 0.6 is 11.6 Å². The molecule has 76 valence electrons. The number of carbonyl (C=O) groups is 1. The number of rotatable bonds is 4. The van der Waals surface area contributed by atoms with Crippen LogP contribution in [0.15, 0.2) is 0 Å². The highest BCUT2D eigenvalue weighted by Crippen LogP contribution is 2.44. The average molecular weight is 204 g/mol. The Balaban J connectivity index is 2.28. The number of amides is 1. The Labute approximate surface area is 85.0 Å². The Hall–Kier alpha value is -0.240.